The number of carbonyl (C=O) groups excluding carboxylic acids is 2. The van der Waals surface area contributed by atoms with Gasteiger partial charge < -0.3 is 20.9 Å². The number of nitrogens with zero attached hydrogens (tertiary/aromatic N) is 3. The number of hydrogen-bond acceptors (Lipinski definition) is 4. The van der Waals surface area contributed by atoms with Gasteiger partial charge in [0, 0.05) is 44.7 Å². The number of nitrogens with one attached hydrogen (secondary N) is 3. The van der Waals surface area contributed by atoms with Crippen LogP contribution in [0.15, 0.2) is 59.9 Å². The van der Waals surface area contributed by atoms with E-state index in [1.165, 1.54) is 5.56 Å². The van der Waals surface area contributed by atoms with Gasteiger partial charge in [0.25, 0.3) is 0 Å². The van der Waals surface area contributed by atoms with Crippen LogP contribution >= 0.6 is 24.0 Å². The van der Waals surface area contributed by atoms with Crippen LogP contribution in [0, 0.1) is 5.92 Å². The van der Waals surface area contributed by atoms with Crippen molar-refractivity contribution in [3.05, 3.63) is 60.4 Å². The van der Waals surface area contributed by atoms with Gasteiger partial charge in [-0.05, 0) is 31.0 Å². The van der Waals surface area contributed by atoms with Crippen LogP contribution < -0.4 is 16.0 Å². The predicted octanol–water partition coefficient (Wildman–Crippen LogP) is 2.28. The molecular formula is C23H31IN6O2. The number of aromatic nitrogens is 1. The Kier molecular flexibility index (Phi) is 10.9. The van der Waals surface area contributed by atoms with E-state index in [4.69, 9.17) is 0 Å². The fourth-order valence-corrected chi connectivity index (χ4v) is 3.49. The molecule has 0 bridgehead atoms. The minimum Gasteiger partial charge on any atom is -0.357 e. The molecule has 0 radical (unpaired) electrons. The number of halogens is 1. The van der Waals surface area contributed by atoms with Crippen LogP contribution in [0.1, 0.15) is 18.9 Å². The van der Waals surface area contributed by atoms with E-state index >= 15 is 0 Å². The van der Waals surface area contributed by atoms with E-state index in [0.29, 0.717) is 31.2 Å². The van der Waals surface area contributed by atoms with Crippen molar-refractivity contribution >= 4 is 47.4 Å². The summed E-state index contributed by atoms with van der Waals surface area (Å²) in [6.45, 7) is 4.75. The largest absolute Gasteiger partial charge is 0.357 e. The van der Waals surface area contributed by atoms with Gasteiger partial charge in [0.05, 0.1) is 11.9 Å². The van der Waals surface area contributed by atoms with Crippen molar-refractivity contribution in [3.63, 3.8) is 0 Å². The Labute approximate surface area is 206 Å². The second-order valence-electron chi connectivity index (χ2n) is 7.51. The third-order valence-electron chi connectivity index (χ3n) is 5.04. The van der Waals surface area contributed by atoms with Gasteiger partial charge in [0.1, 0.15) is 6.54 Å². The number of carbonyl (C=O) groups is 2. The van der Waals surface area contributed by atoms with Crippen molar-refractivity contribution in [1.82, 2.24) is 20.5 Å². The van der Waals surface area contributed by atoms with E-state index in [0.717, 1.165) is 19.5 Å². The first-order chi connectivity index (χ1) is 15.1. The smallest absolute Gasteiger partial charge is 0.246 e. The molecular weight excluding hydrogens is 519 g/mol. The molecule has 1 unspecified atom stereocenters. The quantitative estimate of drug-likeness (QED) is 0.253. The molecule has 1 aromatic heterocycles. The minimum atomic E-state index is -0.215. The molecule has 1 atom stereocenters. The summed E-state index contributed by atoms with van der Waals surface area (Å²) in [6, 6.07) is 13.7. The summed E-state index contributed by atoms with van der Waals surface area (Å²) in [7, 11) is 0. The van der Waals surface area contributed by atoms with Crippen LogP contribution in [0.25, 0.3) is 0 Å². The van der Waals surface area contributed by atoms with Gasteiger partial charge in [0.2, 0.25) is 11.8 Å². The van der Waals surface area contributed by atoms with E-state index < -0.39 is 0 Å². The highest BCUT2D eigenvalue weighted by molar-refractivity contribution is 14.0. The third kappa shape index (κ3) is 8.45. The summed E-state index contributed by atoms with van der Waals surface area (Å²) in [5, 5.41) is 9.17. The van der Waals surface area contributed by atoms with Gasteiger partial charge in [-0.2, -0.15) is 0 Å². The molecule has 0 saturated carbocycles. The van der Waals surface area contributed by atoms with E-state index in [-0.39, 0.29) is 48.3 Å². The first-order valence-corrected chi connectivity index (χ1v) is 10.7. The lowest BCUT2D eigenvalue weighted by Crippen LogP contribution is -2.41. The lowest BCUT2D eigenvalue weighted by molar-refractivity contribution is -0.127. The van der Waals surface area contributed by atoms with Gasteiger partial charge >= 0.3 is 0 Å². The highest BCUT2D eigenvalue weighted by Gasteiger charge is 2.29. The monoisotopic (exact) mass is 550 g/mol. The first-order valence-electron chi connectivity index (χ1n) is 10.7. The van der Waals surface area contributed by atoms with Crippen molar-refractivity contribution in [2.75, 3.05) is 38.0 Å². The zero-order valence-electron chi connectivity index (χ0n) is 18.3. The molecule has 1 aliphatic heterocycles. The number of aliphatic imine (C=N–C) groups is 1. The molecule has 1 saturated heterocycles. The fraction of sp³-hybridized carbons (Fsp3) is 0.391. The van der Waals surface area contributed by atoms with Gasteiger partial charge in [0.15, 0.2) is 5.96 Å². The summed E-state index contributed by atoms with van der Waals surface area (Å²) in [5.74, 6) is 0.768. The Bertz CT molecular complexity index is 879. The Hall–Kier alpha value is -2.69. The topological polar surface area (TPSA) is 98.7 Å². The number of pyridine rings is 1. The molecule has 2 aromatic rings. The highest BCUT2D eigenvalue weighted by atomic mass is 127. The fourth-order valence-electron chi connectivity index (χ4n) is 3.49. The average molecular weight is 550 g/mol. The van der Waals surface area contributed by atoms with E-state index in [2.05, 4.69) is 38.1 Å². The third-order valence-corrected chi connectivity index (χ3v) is 5.04. The molecule has 1 fully saturated rings. The molecule has 32 heavy (non-hydrogen) atoms. The average Bonchev–Trinajstić information content (AvgIpc) is 3.15. The number of hydrogen-bond donors (Lipinski definition) is 3. The van der Waals surface area contributed by atoms with Crippen LogP contribution in [-0.4, -0.2) is 60.4 Å². The maximum Gasteiger partial charge on any atom is 0.246 e. The highest BCUT2D eigenvalue weighted by Crippen LogP contribution is 2.17. The molecule has 2 heterocycles. The summed E-state index contributed by atoms with van der Waals surface area (Å²) in [5.41, 5.74) is 1.88. The van der Waals surface area contributed by atoms with Crippen LogP contribution in [0.5, 0.6) is 0 Å². The number of likely N-dealkylation sites (tertiary alicyclic amines) is 1. The number of rotatable bonds is 9. The summed E-state index contributed by atoms with van der Waals surface area (Å²) in [6.07, 6.45) is 4.63. The Morgan fingerprint density at radius 3 is 2.72 bits per heavy atom. The van der Waals surface area contributed by atoms with Crippen molar-refractivity contribution in [2.45, 2.75) is 19.8 Å². The lowest BCUT2D eigenvalue weighted by Gasteiger charge is -2.18. The maximum atomic E-state index is 12.4. The van der Waals surface area contributed by atoms with Gasteiger partial charge in [-0.25, -0.2) is 4.99 Å². The maximum absolute atomic E-state index is 12.4. The van der Waals surface area contributed by atoms with E-state index in [1.54, 1.807) is 24.5 Å². The number of anilines is 1. The Morgan fingerprint density at radius 2 is 2.00 bits per heavy atom. The van der Waals surface area contributed by atoms with Crippen LogP contribution in [0.4, 0.5) is 5.69 Å². The van der Waals surface area contributed by atoms with Gasteiger partial charge in [-0.15, -0.1) is 24.0 Å². The Balaban J connectivity index is 0.00000363. The second kappa shape index (κ2) is 13.7. The molecule has 9 heteroatoms. The summed E-state index contributed by atoms with van der Waals surface area (Å²) < 4.78 is 0. The first kappa shape index (κ1) is 25.6. The summed E-state index contributed by atoms with van der Waals surface area (Å²) >= 11 is 0. The zero-order valence-corrected chi connectivity index (χ0v) is 20.6. The molecule has 172 valence electrons. The molecule has 0 aliphatic carbocycles. The zero-order chi connectivity index (χ0) is 21.9. The SMILES string of the molecule is CCNC(=NCC(=O)Nc1cccnc1)NCC1CC(=O)N(CCc2ccccc2)C1.I. The van der Waals surface area contributed by atoms with Gasteiger partial charge in [-0.1, -0.05) is 30.3 Å². The minimum absolute atomic E-state index is 0. The number of amides is 2. The van der Waals surface area contributed by atoms with Gasteiger partial charge in [-0.3, -0.25) is 14.6 Å². The van der Waals surface area contributed by atoms with Crippen LogP contribution in [0.3, 0.4) is 0 Å². The standard InChI is InChI=1S/C23H30N6O2.HI/c1-2-25-23(27-16-21(30)28-20-9-6-11-24-15-20)26-14-19-13-22(31)29(17-19)12-10-18-7-4-3-5-8-18;/h3-9,11,15,19H,2,10,12-14,16-17H2,1H3,(H,28,30)(H2,25,26,27);1H. The molecule has 3 N–H and O–H groups in total. The van der Waals surface area contributed by atoms with Crippen molar-refractivity contribution in [2.24, 2.45) is 10.9 Å². The van der Waals surface area contributed by atoms with Crippen LogP contribution in [0.2, 0.25) is 0 Å². The molecule has 0 spiro atoms. The summed E-state index contributed by atoms with van der Waals surface area (Å²) in [4.78, 5) is 34.7. The normalized spacial score (nSPS) is 15.8. The second-order valence-corrected chi connectivity index (χ2v) is 7.51. The number of benzene rings is 1. The van der Waals surface area contributed by atoms with Crippen molar-refractivity contribution in [1.29, 1.82) is 0 Å². The molecule has 8 nitrogen and oxygen atoms in total. The van der Waals surface area contributed by atoms with Crippen molar-refractivity contribution in [3.8, 4) is 0 Å². The predicted molar refractivity (Wildman–Crippen MR) is 137 cm³/mol. The van der Waals surface area contributed by atoms with Crippen LogP contribution in [-0.2, 0) is 16.0 Å². The number of guanidine groups is 1. The van der Waals surface area contributed by atoms with Crippen molar-refractivity contribution < 1.29 is 9.59 Å². The molecule has 1 aromatic carbocycles. The molecule has 1 aliphatic rings. The van der Waals surface area contributed by atoms with E-state index in [1.807, 2.05) is 30.0 Å². The Morgan fingerprint density at radius 1 is 1.19 bits per heavy atom. The molecule has 2 amide bonds. The lowest BCUT2D eigenvalue weighted by atomic mass is 10.1. The van der Waals surface area contributed by atoms with E-state index in [9.17, 15) is 9.59 Å². The molecule has 3 rings (SSSR count).